The van der Waals surface area contributed by atoms with Crippen molar-refractivity contribution in [1.82, 2.24) is 5.12 Å². The number of hydrogen-bond acceptors (Lipinski definition) is 8. The summed E-state index contributed by atoms with van der Waals surface area (Å²) < 4.78 is 10.9. The molecule has 4 rings (SSSR count). The van der Waals surface area contributed by atoms with E-state index >= 15 is 0 Å². The average molecular weight is 518 g/mol. The molecule has 8 nitrogen and oxygen atoms in total. The van der Waals surface area contributed by atoms with Gasteiger partial charge in [0.15, 0.2) is 5.78 Å². The predicted molar refractivity (Wildman–Crippen MR) is 143 cm³/mol. The topological polar surface area (TPSA) is 101 Å². The first-order valence-corrected chi connectivity index (χ1v) is 14.2. The van der Waals surface area contributed by atoms with E-state index in [9.17, 15) is 14.7 Å². The number of hydrogen-bond donors (Lipinski definition) is 1. The highest BCUT2D eigenvalue weighted by Crippen LogP contribution is 2.68. The van der Waals surface area contributed by atoms with Crippen LogP contribution in [0.3, 0.4) is 0 Å². The van der Waals surface area contributed by atoms with Crippen molar-refractivity contribution in [3.8, 4) is 0 Å². The maximum atomic E-state index is 13.6. The van der Waals surface area contributed by atoms with E-state index in [4.69, 9.17) is 9.47 Å². The molecule has 0 bridgehead atoms. The van der Waals surface area contributed by atoms with E-state index in [1.54, 1.807) is 13.8 Å². The van der Waals surface area contributed by atoms with E-state index in [2.05, 4.69) is 23.8 Å². The van der Waals surface area contributed by atoms with Gasteiger partial charge in [-0.15, -0.1) is 0 Å². The molecular weight excluding hydrogens is 470 g/mol. The summed E-state index contributed by atoms with van der Waals surface area (Å²) >= 11 is 0. The minimum Gasteiger partial charge on any atom is -0.461 e. The van der Waals surface area contributed by atoms with Crippen molar-refractivity contribution in [2.45, 2.75) is 91.1 Å². The smallest absolute Gasteiger partial charge is 0.354 e. The zero-order chi connectivity index (χ0) is 27.0. The molecule has 1 N–H and O–H groups in total. The summed E-state index contributed by atoms with van der Waals surface area (Å²) in [7, 11) is 1.82. The molecular formula is C29H47N3O5. The Morgan fingerprint density at radius 1 is 1.08 bits per heavy atom. The van der Waals surface area contributed by atoms with Gasteiger partial charge in [-0.1, -0.05) is 6.92 Å². The van der Waals surface area contributed by atoms with E-state index in [1.807, 2.05) is 14.0 Å². The molecule has 0 aromatic rings. The van der Waals surface area contributed by atoms with Crippen molar-refractivity contribution in [1.29, 1.82) is 0 Å². The summed E-state index contributed by atoms with van der Waals surface area (Å²) in [4.78, 5) is 25.6. The maximum absolute atomic E-state index is 13.6. The maximum Gasteiger partial charge on any atom is 0.354 e. The molecule has 0 radical (unpaired) electrons. The first-order valence-electron chi connectivity index (χ1n) is 14.2. The molecule has 37 heavy (non-hydrogen) atoms. The molecule has 208 valence electrons. The van der Waals surface area contributed by atoms with E-state index in [0.29, 0.717) is 23.7 Å². The third-order valence-electron chi connectivity index (χ3n) is 10.8. The van der Waals surface area contributed by atoms with E-state index < -0.39 is 11.6 Å². The number of hydrazone groups is 2. The van der Waals surface area contributed by atoms with Crippen LogP contribution >= 0.6 is 0 Å². The number of esters is 1. The zero-order valence-electron chi connectivity index (χ0n) is 23.5. The fourth-order valence-corrected chi connectivity index (χ4v) is 9.13. The van der Waals surface area contributed by atoms with E-state index in [0.717, 1.165) is 58.0 Å². The van der Waals surface area contributed by atoms with Crippen molar-refractivity contribution < 1.29 is 24.2 Å². The van der Waals surface area contributed by atoms with Crippen molar-refractivity contribution in [2.24, 2.45) is 50.6 Å². The molecule has 4 aliphatic rings. The first-order chi connectivity index (χ1) is 17.5. The third kappa shape index (κ3) is 5.12. The summed E-state index contributed by atoms with van der Waals surface area (Å²) in [5, 5.41) is 20.2. The number of carbonyl (C=O) groups is 2. The van der Waals surface area contributed by atoms with E-state index in [1.165, 1.54) is 11.5 Å². The Kier molecular flexibility index (Phi) is 8.20. The van der Waals surface area contributed by atoms with Crippen LogP contribution in [0.1, 0.15) is 85.5 Å². The molecule has 0 unspecified atom stereocenters. The largest absolute Gasteiger partial charge is 0.461 e. The zero-order valence-corrected chi connectivity index (χ0v) is 23.5. The standard InChI is InChI=1S/C29H47N3O5/c1-7-37-26(34)19(2)31-32(30-5)17-25(33)24-11-10-22-21-9-8-20-16-27(3,35)14-15-29(20,18-36-6)23(21)12-13-28(22,24)4/h20-24,35H,5,7-18H2,1-4,6H3/b31-19+/t20-,21-,22-,23-,24+,27+,28-,29+/m0/s1. The lowest BCUT2D eigenvalue weighted by molar-refractivity contribution is -0.175. The first kappa shape index (κ1) is 28.2. The van der Waals surface area contributed by atoms with Crippen LogP contribution in [-0.2, 0) is 19.1 Å². The number of ether oxygens (including phenoxy) is 2. The molecule has 0 spiro atoms. The van der Waals surface area contributed by atoms with Gasteiger partial charge in [-0.2, -0.15) is 15.3 Å². The van der Waals surface area contributed by atoms with Crippen LogP contribution in [-0.4, -0.2) is 66.9 Å². The van der Waals surface area contributed by atoms with Gasteiger partial charge >= 0.3 is 5.97 Å². The van der Waals surface area contributed by atoms with Gasteiger partial charge in [-0.3, -0.25) is 4.79 Å². The summed E-state index contributed by atoms with van der Waals surface area (Å²) in [6.07, 6.45) is 9.19. The fraction of sp³-hybridized carbons (Fsp3) is 0.862. The number of Topliss-reactive ketones (excluding diaryl/α,β-unsaturated/α-hetero) is 1. The predicted octanol–water partition coefficient (Wildman–Crippen LogP) is 4.45. The molecule has 0 amide bonds. The molecule has 0 heterocycles. The Hall–Kier alpha value is -1.80. The summed E-state index contributed by atoms with van der Waals surface area (Å²) in [6.45, 7) is 12.3. The van der Waals surface area contributed by atoms with Crippen LogP contribution < -0.4 is 0 Å². The van der Waals surface area contributed by atoms with Crippen LogP contribution in [0.5, 0.6) is 0 Å². The van der Waals surface area contributed by atoms with Crippen molar-refractivity contribution in [3.05, 3.63) is 0 Å². The Labute approximate surface area is 222 Å². The normalized spacial score (nSPS) is 41.2. The number of fused-ring (bicyclic) bond motifs is 5. The Morgan fingerprint density at radius 2 is 1.84 bits per heavy atom. The van der Waals surface area contributed by atoms with Crippen molar-refractivity contribution in [3.63, 3.8) is 0 Å². The number of nitrogens with zero attached hydrogens (tertiary/aromatic N) is 3. The highest BCUT2D eigenvalue weighted by atomic mass is 16.5. The quantitative estimate of drug-likeness (QED) is 0.276. The molecule has 0 aromatic heterocycles. The van der Waals surface area contributed by atoms with Crippen molar-refractivity contribution >= 4 is 24.2 Å². The van der Waals surface area contributed by atoms with Crippen LogP contribution in [0, 0.1) is 40.4 Å². The number of ketones is 1. The molecule has 0 aliphatic heterocycles. The van der Waals surface area contributed by atoms with Gasteiger partial charge in [0.05, 0.1) is 18.8 Å². The molecule has 0 aromatic carbocycles. The minimum absolute atomic E-state index is 0.0199. The summed E-state index contributed by atoms with van der Waals surface area (Å²) in [5.74, 6) is 1.80. The van der Waals surface area contributed by atoms with Gasteiger partial charge in [0.2, 0.25) is 0 Å². The third-order valence-corrected chi connectivity index (χ3v) is 10.8. The van der Waals surface area contributed by atoms with Crippen LogP contribution in [0.25, 0.3) is 0 Å². The Bertz CT molecular complexity index is 919. The number of methoxy groups -OCH3 is 1. The lowest BCUT2D eigenvalue weighted by Gasteiger charge is -2.62. The lowest BCUT2D eigenvalue weighted by atomic mass is 9.43. The monoisotopic (exact) mass is 517 g/mol. The fourth-order valence-electron chi connectivity index (χ4n) is 9.13. The number of carbonyl (C=O) groups excluding carboxylic acids is 2. The Morgan fingerprint density at radius 3 is 2.51 bits per heavy atom. The van der Waals surface area contributed by atoms with Gasteiger partial charge in [0.1, 0.15) is 12.3 Å². The van der Waals surface area contributed by atoms with Crippen molar-refractivity contribution in [2.75, 3.05) is 26.9 Å². The molecule has 4 saturated carbocycles. The van der Waals surface area contributed by atoms with E-state index in [-0.39, 0.29) is 41.4 Å². The van der Waals surface area contributed by atoms with Gasteiger partial charge in [0, 0.05) is 19.7 Å². The SMILES string of the molecule is C=NN(CC(=O)[C@H]1CC[C@H]2[C@@H]3CC[C@H]4C[C@](C)(O)CC[C@]4(COC)[C@H]3CC[C@]12C)/N=C(\C)C(=O)OCC. The van der Waals surface area contributed by atoms with Crippen LogP contribution in [0.2, 0.25) is 0 Å². The molecule has 8 atom stereocenters. The highest BCUT2D eigenvalue weighted by Gasteiger charge is 2.63. The lowest BCUT2D eigenvalue weighted by Crippen LogP contribution is -2.58. The van der Waals surface area contributed by atoms with Gasteiger partial charge in [-0.25, -0.2) is 4.79 Å². The number of aliphatic hydroxyl groups is 1. The Balaban J connectivity index is 1.50. The minimum atomic E-state index is -0.567. The highest BCUT2D eigenvalue weighted by molar-refractivity contribution is 6.35. The van der Waals surface area contributed by atoms with Gasteiger partial charge < -0.3 is 14.6 Å². The summed E-state index contributed by atoms with van der Waals surface area (Å²) in [5.41, 5.74) is -0.301. The van der Waals surface area contributed by atoms with Crippen LogP contribution in [0.4, 0.5) is 0 Å². The van der Waals surface area contributed by atoms with Gasteiger partial charge in [0.25, 0.3) is 0 Å². The van der Waals surface area contributed by atoms with Crippen LogP contribution in [0.15, 0.2) is 10.2 Å². The molecule has 0 saturated heterocycles. The number of rotatable bonds is 9. The van der Waals surface area contributed by atoms with Gasteiger partial charge in [-0.05, 0) is 113 Å². The molecule has 4 aliphatic carbocycles. The average Bonchev–Trinajstić information content (AvgIpc) is 3.21. The second-order valence-electron chi connectivity index (χ2n) is 12.7. The molecule has 8 heteroatoms. The second kappa shape index (κ2) is 10.8. The molecule has 4 fully saturated rings. The second-order valence-corrected chi connectivity index (χ2v) is 12.7. The summed E-state index contributed by atoms with van der Waals surface area (Å²) in [6, 6.07) is 0.